The third kappa shape index (κ3) is 3.18. The van der Waals surface area contributed by atoms with Crippen molar-refractivity contribution in [3.05, 3.63) is 39.0 Å². The Bertz CT molecular complexity index is 490. The predicted octanol–water partition coefficient (Wildman–Crippen LogP) is 1.97. The van der Waals surface area contributed by atoms with Gasteiger partial charge in [-0.15, -0.1) is 0 Å². The van der Waals surface area contributed by atoms with E-state index >= 15 is 0 Å². The van der Waals surface area contributed by atoms with Gasteiger partial charge in [-0.3, -0.25) is 10.1 Å². The first-order chi connectivity index (χ1) is 8.66. The van der Waals surface area contributed by atoms with Crippen molar-refractivity contribution in [3.8, 4) is 0 Å². The topological polar surface area (TPSA) is 80.1 Å². The minimum absolute atomic E-state index is 0.1000. The first-order valence-electron chi connectivity index (χ1n) is 5.59. The van der Waals surface area contributed by atoms with Crippen molar-refractivity contribution in [1.29, 1.82) is 0 Å². The maximum absolute atomic E-state index is 10.9. The molecule has 7 heteroatoms. The second-order valence-electron chi connectivity index (χ2n) is 3.95. The van der Waals surface area contributed by atoms with Gasteiger partial charge in [-0.1, -0.05) is 23.3 Å². The second-order valence-corrected chi connectivity index (χ2v) is 4.38. The van der Waals surface area contributed by atoms with E-state index in [1.807, 2.05) is 0 Å². The van der Waals surface area contributed by atoms with Gasteiger partial charge in [0.1, 0.15) is 0 Å². The first-order valence-corrected chi connectivity index (χ1v) is 5.97. The number of anilines is 1. The summed E-state index contributed by atoms with van der Waals surface area (Å²) in [4.78, 5) is 14.3. The van der Waals surface area contributed by atoms with Crippen molar-refractivity contribution in [2.45, 2.75) is 6.42 Å². The SMILES string of the molecule is O=[N+]([O-])c1cc(Cl)cnc1NCC1=CCNCC1. The van der Waals surface area contributed by atoms with Crippen LogP contribution in [0.4, 0.5) is 11.5 Å². The molecular formula is C11H13ClN4O2. The van der Waals surface area contributed by atoms with E-state index in [1.54, 1.807) is 0 Å². The molecule has 1 aliphatic heterocycles. The van der Waals surface area contributed by atoms with Gasteiger partial charge in [0, 0.05) is 25.4 Å². The third-order valence-corrected chi connectivity index (χ3v) is 2.88. The van der Waals surface area contributed by atoms with E-state index in [1.165, 1.54) is 17.8 Å². The molecule has 0 amide bonds. The molecule has 0 atom stereocenters. The summed E-state index contributed by atoms with van der Waals surface area (Å²) in [5.74, 6) is 0.254. The predicted molar refractivity (Wildman–Crippen MR) is 70.0 cm³/mol. The Kier molecular flexibility index (Phi) is 4.11. The molecule has 1 aliphatic rings. The molecule has 1 aromatic rings. The number of hydrogen-bond donors (Lipinski definition) is 2. The van der Waals surface area contributed by atoms with Crippen LogP contribution in [0.2, 0.25) is 5.02 Å². The van der Waals surface area contributed by atoms with Crippen molar-refractivity contribution >= 4 is 23.1 Å². The molecule has 0 saturated heterocycles. The van der Waals surface area contributed by atoms with Gasteiger partial charge in [-0.2, -0.15) is 0 Å². The van der Waals surface area contributed by atoms with Crippen LogP contribution in [0.25, 0.3) is 0 Å². The van der Waals surface area contributed by atoms with Crippen molar-refractivity contribution in [3.63, 3.8) is 0 Å². The highest BCUT2D eigenvalue weighted by atomic mass is 35.5. The highest BCUT2D eigenvalue weighted by molar-refractivity contribution is 6.30. The van der Waals surface area contributed by atoms with Crippen molar-refractivity contribution < 1.29 is 4.92 Å². The summed E-state index contributed by atoms with van der Waals surface area (Å²) in [7, 11) is 0. The van der Waals surface area contributed by atoms with Crippen molar-refractivity contribution in [2.75, 3.05) is 25.0 Å². The minimum atomic E-state index is -0.488. The van der Waals surface area contributed by atoms with Gasteiger partial charge in [0.15, 0.2) is 0 Å². The smallest absolute Gasteiger partial charge is 0.312 e. The molecule has 0 radical (unpaired) electrons. The lowest BCUT2D eigenvalue weighted by Crippen LogP contribution is -2.23. The summed E-state index contributed by atoms with van der Waals surface area (Å²) in [5.41, 5.74) is 1.12. The monoisotopic (exact) mass is 268 g/mol. The molecule has 18 heavy (non-hydrogen) atoms. The van der Waals surface area contributed by atoms with E-state index in [0.29, 0.717) is 6.54 Å². The Hall–Kier alpha value is -1.66. The lowest BCUT2D eigenvalue weighted by atomic mass is 10.1. The van der Waals surface area contributed by atoms with Gasteiger partial charge in [0.25, 0.3) is 0 Å². The van der Waals surface area contributed by atoms with Crippen LogP contribution in [0.1, 0.15) is 6.42 Å². The number of aromatic nitrogens is 1. The fourth-order valence-corrected chi connectivity index (χ4v) is 1.88. The summed E-state index contributed by atoms with van der Waals surface area (Å²) in [6.07, 6.45) is 4.42. The van der Waals surface area contributed by atoms with Crippen LogP contribution in [0.15, 0.2) is 23.9 Å². The Morgan fingerprint density at radius 3 is 3.11 bits per heavy atom. The maximum Gasteiger partial charge on any atom is 0.312 e. The van der Waals surface area contributed by atoms with E-state index in [4.69, 9.17) is 11.6 Å². The maximum atomic E-state index is 10.9. The third-order valence-electron chi connectivity index (χ3n) is 2.67. The number of hydrogen-bond acceptors (Lipinski definition) is 5. The van der Waals surface area contributed by atoms with Crippen molar-refractivity contribution in [2.24, 2.45) is 0 Å². The summed E-state index contributed by atoms with van der Waals surface area (Å²) >= 11 is 5.70. The lowest BCUT2D eigenvalue weighted by molar-refractivity contribution is -0.384. The van der Waals surface area contributed by atoms with E-state index in [2.05, 4.69) is 21.7 Å². The van der Waals surface area contributed by atoms with Gasteiger partial charge in [-0.25, -0.2) is 4.98 Å². The fraction of sp³-hybridized carbons (Fsp3) is 0.364. The fourth-order valence-electron chi connectivity index (χ4n) is 1.73. The van der Waals surface area contributed by atoms with Crippen LogP contribution in [0.3, 0.4) is 0 Å². The average Bonchev–Trinajstić information content (AvgIpc) is 2.38. The first kappa shape index (κ1) is 12.8. The van der Waals surface area contributed by atoms with E-state index in [9.17, 15) is 10.1 Å². The van der Waals surface area contributed by atoms with Crippen LogP contribution in [0.5, 0.6) is 0 Å². The van der Waals surface area contributed by atoms with Gasteiger partial charge >= 0.3 is 5.69 Å². The molecule has 0 spiro atoms. The number of nitrogens with zero attached hydrogens (tertiary/aromatic N) is 2. The molecule has 2 N–H and O–H groups in total. The summed E-state index contributed by atoms with van der Waals surface area (Å²) in [5, 5.41) is 17.3. The molecule has 0 aromatic carbocycles. The van der Waals surface area contributed by atoms with Gasteiger partial charge in [0.05, 0.1) is 9.95 Å². The van der Waals surface area contributed by atoms with Gasteiger partial charge in [0.2, 0.25) is 5.82 Å². The molecule has 0 bridgehead atoms. The molecule has 0 fully saturated rings. The Morgan fingerprint density at radius 1 is 1.61 bits per heavy atom. The number of nitrogens with one attached hydrogen (secondary N) is 2. The zero-order valence-electron chi connectivity index (χ0n) is 9.65. The standard InChI is InChI=1S/C11H13ClN4O2/c12-9-5-10(16(17)18)11(15-7-9)14-6-8-1-3-13-4-2-8/h1,5,7,13H,2-4,6H2,(H,14,15). The highest BCUT2D eigenvalue weighted by Gasteiger charge is 2.16. The van der Waals surface area contributed by atoms with Crippen LogP contribution in [0, 0.1) is 10.1 Å². The number of pyridine rings is 1. The second kappa shape index (κ2) is 5.79. The Balaban J connectivity index is 2.08. The number of halogens is 1. The Morgan fingerprint density at radius 2 is 2.44 bits per heavy atom. The van der Waals surface area contributed by atoms with Crippen LogP contribution < -0.4 is 10.6 Å². The molecular weight excluding hydrogens is 256 g/mol. The molecule has 96 valence electrons. The van der Waals surface area contributed by atoms with Gasteiger partial charge < -0.3 is 10.6 Å². The molecule has 6 nitrogen and oxygen atoms in total. The van der Waals surface area contributed by atoms with Crippen LogP contribution in [-0.2, 0) is 0 Å². The quantitative estimate of drug-likeness (QED) is 0.496. The van der Waals surface area contributed by atoms with E-state index < -0.39 is 4.92 Å². The van der Waals surface area contributed by atoms with Gasteiger partial charge in [-0.05, 0) is 13.0 Å². The summed E-state index contributed by atoms with van der Waals surface area (Å²) in [6, 6.07) is 1.30. The van der Waals surface area contributed by atoms with Crippen LogP contribution >= 0.6 is 11.6 Å². The average molecular weight is 269 g/mol. The van der Waals surface area contributed by atoms with Crippen molar-refractivity contribution in [1.82, 2.24) is 10.3 Å². The summed E-state index contributed by atoms with van der Waals surface area (Å²) < 4.78 is 0. The molecule has 0 unspecified atom stereocenters. The molecule has 2 rings (SSSR count). The minimum Gasteiger partial charge on any atom is -0.361 e. The van der Waals surface area contributed by atoms with E-state index in [-0.39, 0.29) is 16.5 Å². The molecule has 0 saturated carbocycles. The zero-order chi connectivity index (χ0) is 13.0. The lowest BCUT2D eigenvalue weighted by Gasteiger charge is -2.14. The molecule has 2 heterocycles. The normalized spacial score (nSPS) is 15.1. The number of nitro groups is 1. The number of rotatable bonds is 4. The highest BCUT2D eigenvalue weighted by Crippen LogP contribution is 2.25. The zero-order valence-corrected chi connectivity index (χ0v) is 10.4. The molecule has 1 aromatic heterocycles. The van der Waals surface area contributed by atoms with Crippen LogP contribution in [-0.4, -0.2) is 29.5 Å². The summed E-state index contributed by atoms with van der Waals surface area (Å²) in [6.45, 7) is 2.34. The largest absolute Gasteiger partial charge is 0.361 e. The Labute approximate surface area is 109 Å². The molecule has 0 aliphatic carbocycles. The van der Waals surface area contributed by atoms with E-state index in [0.717, 1.165) is 19.5 Å².